The monoisotopic (exact) mass is 261 g/mol. The molecule has 1 fully saturated rings. The Morgan fingerprint density at radius 3 is 2.63 bits per heavy atom. The van der Waals surface area contributed by atoms with E-state index in [9.17, 15) is 0 Å². The summed E-state index contributed by atoms with van der Waals surface area (Å²) in [5.74, 6) is 1.78. The van der Waals surface area contributed by atoms with Crippen LogP contribution < -0.4 is 10.6 Å². The van der Waals surface area contributed by atoms with E-state index in [0.717, 1.165) is 36.2 Å². The van der Waals surface area contributed by atoms with Gasteiger partial charge in [-0.1, -0.05) is 20.8 Å². The molecule has 0 radical (unpaired) electrons. The second kappa shape index (κ2) is 5.40. The van der Waals surface area contributed by atoms with Crippen LogP contribution in [0, 0.1) is 18.3 Å². The van der Waals surface area contributed by atoms with Gasteiger partial charge in [-0.05, 0) is 49.7 Å². The molecule has 1 saturated heterocycles. The van der Waals surface area contributed by atoms with Crippen molar-refractivity contribution in [3.05, 3.63) is 17.8 Å². The molecular formula is C16H27N3. The van der Waals surface area contributed by atoms with Gasteiger partial charge < -0.3 is 10.6 Å². The van der Waals surface area contributed by atoms with Gasteiger partial charge in [0, 0.05) is 18.8 Å². The quantitative estimate of drug-likeness (QED) is 0.839. The number of aromatic nitrogens is 1. The van der Waals surface area contributed by atoms with E-state index >= 15 is 0 Å². The van der Waals surface area contributed by atoms with Crippen molar-refractivity contribution in [2.24, 2.45) is 11.3 Å². The minimum Gasteiger partial charge on any atom is -0.396 e. The van der Waals surface area contributed by atoms with E-state index in [2.05, 4.69) is 30.7 Å². The zero-order valence-electron chi connectivity index (χ0n) is 12.7. The summed E-state index contributed by atoms with van der Waals surface area (Å²) in [6.07, 6.45) is 3.78. The van der Waals surface area contributed by atoms with Gasteiger partial charge in [0.25, 0.3) is 0 Å². The molecule has 19 heavy (non-hydrogen) atoms. The van der Waals surface area contributed by atoms with Crippen LogP contribution in [0.1, 0.15) is 45.7 Å². The second-order valence-corrected chi connectivity index (χ2v) is 6.85. The summed E-state index contributed by atoms with van der Waals surface area (Å²) in [7, 11) is 0. The van der Waals surface area contributed by atoms with Crippen molar-refractivity contribution in [3.63, 3.8) is 0 Å². The van der Waals surface area contributed by atoms with Crippen LogP contribution in [0.15, 0.2) is 12.1 Å². The van der Waals surface area contributed by atoms with Gasteiger partial charge in [-0.2, -0.15) is 0 Å². The van der Waals surface area contributed by atoms with Crippen molar-refractivity contribution in [3.8, 4) is 0 Å². The second-order valence-electron chi connectivity index (χ2n) is 6.85. The molecule has 0 bridgehead atoms. The van der Waals surface area contributed by atoms with E-state index < -0.39 is 0 Å². The van der Waals surface area contributed by atoms with Crippen molar-refractivity contribution in [2.75, 3.05) is 23.7 Å². The van der Waals surface area contributed by atoms with Crippen LogP contribution in [0.4, 0.5) is 11.5 Å². The Balaban J connectivity index is 2.13. The molecule has 0 spiro atoms. The number of nitrogen functional groups attached to an aromatic ring is 1. The van der Waals surface area contributed by atoms with Crippen LogP contribution in [0.2, 0.25) is 0 Å². The molecule has 1 aliphatic rings. The van der Waals surface area contributed by atoms with Crippen LogP contribution in [0.3, 0.4) is 0 Å². The average Bonchev–Trinajstić information content (AvgIpc) is 2.57. The third-order valence-electron chi connectivity index (χ3n) is 4.30. The fourth-order valence-corrected chi connectivity index (χ4v) is 2.98. The van der Waals surface area contributed by atoms with Crippen LogP contribution in [-0.2, 0) is 0 Å². The molecule has 106 valence electrons. The topological polar surface area (TPSA) is 42.1 Å². The molecule has 1 atom stereocenters. The fraction of sp³-hybridized carbons (Fsp3) is 0.688. The number of nitrogens with zero attached hydrogens (tertiary/aromatic N) is 2. The molecule has 2 heterocycles. The Morgan fingerprint density at radius 2 is 1.95 bits per heavy atom. The maximum Gasteiger partial charge on any atom is 0.152 e. The van der Waals surface area contributed by atoms with Crippen molar-refractivity contribution >= 4 is 11.5 Å². The summed E-state index contributed by atoms with van der Waals surface area (Å²) < 4.78 is 0. The standard InChI is InChI=1S/C16H27N3/c1-12-7-8-14(17)15(18-12)19-10-5-6-13(9-11-19)16(2,3)4/h7-8,13H,5-6,9-11,17H2,1-4H3. The Kier molecular flexibility index (Phi) is 4.02. The molecule has 0 amide bonds. The molecule has 0 aromatic carbocycles. The van der Waals surface area contributed by atoms with Gasteiger partial charge in [0.05, 0.1) is 5.69 Å². The van der Waals surface area contributed by atoms with Gasteiger partial charge in [-0.25, -0.2) is 4.98 Å². The van der Waals surface area contributed by atoms with Crippen LogP contribution in [-0.4, -0.2) is 18.1 Å². The first-order chi connectivity index (χ1) is 8.88. The summed E-state index contributed by atoms with van der Waals surface area (Å²) in [4.78, 5) is 7.00. The van der Waals surface area contributed by atoms with Crippen LogP contribution in [0.5, 0.6) is 0 Å². The Morgan fingerprint density at radius 1 is 1.21 bits per heavy atom. The van der Waals surface area contributed by atoms with E-state index in [4.69, 9.17) is 5.73 Å². The highest BCUT2D eigenvalue weighted by Crippen LogP contribution is 2.35. The van der Waals surface area contributed by atoms with Gasteiger partial charge in [-0.3, -0.25) is 0 Å². The number of anilines is 2. The molecule has 2 rings (SSSR count). The van der Waals surface area contributed by atoms with E-state index in [1.54, 1.807) is 0 Å². The lowest BCUT2D eigenvalue weighted by molar-refractivity contribution is 0.220. The van der Waals surface area contributed by atoms with Gasteiger partial charge in [-0.15, -0.1) is 0 Å². The summed E-state index contributed by atoms with van der Waals surface area (Å²) in [5, 5.41) is 0. The number of hydrogen-bond acceptors (Lipinski definition) is 3. The summed E-state index contributed by atoms with van der Waals surface area (Å²) >= 11 is 0. The molecular weight excluding hydrogens is 234 g/mol. The highest BCUT2D eigenvalue weighted by Gasteiger charge is 2.27. The number of nitrogens with two attached hydrogens (primary N) is 1. The fourth-order valence-electron chi connectivity index (χ4n) is 2.98. The largest absolute Gasteiger partial charge is 0.396 e. The van der Waals surface area contributed by atoms with Crippen molar-refractivity contribution in [1.82, 2.24) is 4.98 Å². The van der Waals surface area contributed by atoms with Gasteiger partial charge in [0.15, 0.2) is 5.82 Å². The highest BCUT2D eigenvalue weighted by atomic mass is 15.2. The Labute approximate surface area is 117 Å². The minimum atomic E-state index is 0.404. The zero-order chi connectivity index (χ0) is 14.0. The Bertz CT molecular complexity index is 434. The lowest BCUT2D eigenvalue weighted by Gasteiger charge is -2.30. The van der Waals surface area contributed by atoms with Crippen molar-refractivity contribution < 1.29 is 0 Å². The summed E-state index contributed by atoms with van der Waals surface area (Å²) in [6, 6.07) is 3.96. The van der Waals surface area contributed by atoms with Crippen LogP contribution >= 0.6 is 0 Å². The first-order valence-corrected chi connectivity index (χ1v) is 7.36. The maximum atomic E-state index is 6.09. The number of hydrogen-bond donors (Lipinski definition) is 1. The first-order valence-electron chi connectivity index (χ1n) is 7.36. The minimum absolute atomic E-state index is 0.404. The number of aryl methyl sites for hydroxylation is 1. The van der Waals surface area contributed by atoms with Crippen molar-refractivity contribution in [1.29, 1.82) is 0 Å². The summed E-state index contributed by atoms with van der Waals surface area (Å²) in [5.41, 5.74) is 8.34. The predicted molar refractivity (Wildman–Crippen MR) is 82.4 cm³/mol. The van der Waals surface area contributed by atoms with Crippen molar-refractivity contribution in [2.45, 2.75) is 47.0 Å². The molecule has 1 unspecified atom stereocenters. The molecule has 1 aliphatic heterocycles. The van der Waals surface area contributed by atoms with Gasteiger partial charge in [0.2, 0.25) is 0 Å². The van der Waals surface area contributed by atoms with Gasteiger partial charge in [0.1, 0.15) is 0 Å². The third kappa shape index (κ3) is 3.40. The highest BCUT2D eigenvalue weighted by molar-refractivity contribution is 5.62. The van der Waals surface area contributed by atoms with E-state index in [1.807, 2.05) is 19.1 Å². The molecule has 0 aliphatic carbocycles. The summed E-state index contributed by atoms with van der Waals surface area (Å²) in [6.45, 7) is 11.2. The number of rotatable bonds is 1. The predicted octanol–water partition coefficient (Wildman–Crippen LogP) is 3.62. The normalized spacial score (nSPS) is 21.3. The smallest absolute Gasteiger partial charge is 0.152 e. The molecule has 1 aromatic heterocycles. The lowest BCUT2D eigenvalue weighted by Crippen LogP contribution is -2.27. The first kappa shape index (κ1) is 14.2. The van der Waals surface area contributed by atoms with E-state index in [0.29, 0.717) is 5.41 Å². The molecule has 1 aromatic rings. The number of pyridine rings is 1. The Hall–Kier alpha value is -1.25. The zero-order valence-corrected chi connectivity index (χ0v) is 12.7. The molecule has 0 saturated carbocycles. The van der Waals surface area contributed by atoms with Gasteiger partial charge >= 0.3 is 0 Å². The molecule has 3 heteroatoms. The molecule has 2 N–H and O–H groups in total. The van der Waals surface area contributed by atoms with Crippen LogP contribution in [0.25, 0.3) is 0 Å². The van der Waals surface area contributed by atoms with E-state index in [1.165, 1.54) is 19.3 Å². The van der Waals surface area contributed by atoms with E-state index in [-0.39, 0.29) is 0 Å². The lowest BCUT2D eigenvalue weighted by atomic mass is 9.77. The maximum absolute atomic E-state index is 6.09. The third-order valence-corrected chi connectivity index (χ3v) is 4.30. The molecule has 3 nitrogen and oxygen atoms in total. The average molecular weight is 261 g/mol. The SMILES string of the molecule is Cc1ccc(N)c(N2CCCC(C(C)(C)C)CC2)n1.